The molecule has 0 bridgehead atoms. The van der Waals surface area contributed by atoms with Gasteiger partial charge in [0.25, 0.3) is 0 Å². The second kappa shape index (κ2) is 6.01. The highest BCUT2D eigenvalue weighted by molar-refractivity contribution is 9.10. The summed E-state index contributed by atoms with van der Waals surface area (Å²) in [6, 6.07) is 0. The van der Waals surface area contributed by atoms with Gasteiger partial charge in [-0.1, -0.05) is 56.5 Å². The van der Waals surface area contributed by atoms with E-state index in [1.54, 1.807) is 0 Å². The fourth-order valence-corrected chi connectivity index (χ4v) is 2.56. The highest BCUT2D eigenvalue weighted by Gasteiger charge is 2.30. The van der Waals surface area contributed by atoms with Crippen LogP contribution in [0.3, 0.4) is 0 Å². The summed E-state index contributed by atoms with van der Waals surface area (Å²) >= 11 is 3.91. The smallest absolute Gasteiger partial charge is 0.0280 e. The second-order valence-electron chi connectivity index (χ2n) is 3.64. The number of hydrogen-bond donors (Lipinski definition) is 0. The predicted octanol–water partition coefficient (Wildman–Crippen LogP) is 4.77. The van der Waals surface area contributed by atoms with Crippen LogP contribution >= 0.6 is 15.9 Å². The molecule has 12 heavy (non-hydrogen) atoms. The van der Waals surface area contributed by atoms with Gasteiger partial charge in [-0.25, -0.2) is 0 Å². The molecule has 0 radical (unpaired) electrons. The van der Waals surface area contributed by atoms with Crippen LogP contribution in [-0.4, -0.2) is 4.32 Å². The van der Waals surface area contributed by atoms with Gasteiger partial charge in [0.15, 0.2) is 0 Å². The van der Waals surface area contributed by atoms with Gasteiger partial charge in [-0.05, 0) is 25.2 Å². The van der Waals surface area contributed by atoms with Crippen LogP contribution in [0.5, 0.6) is 0 Å². The molecule has 0 aromatic carbocycles. The molecular weight excluding hydrogens is 212 g/mol. The topological polar surface area (TPSA) is 0 Å². The van der Waals surface area contributed by atoms with Crippen LogP contribution in [0.2, 0.25) is 0 Å². The van der Waals surface area contributed by atoms with Crippen molar-refractivity contribution in [3.8, 4) is 0 Å². The maximum atomic E-state index is 3.91. The van der Waals surface area contributed by atoms with Gasteiger partial charge >= 0.3 is 0 Å². The first-order valence-corrected chi connectivity index (χ1v) is 6.12. The van der Waals surface area contributed by atoms with E-state index in [0.29, 0.717) is 4.32 Å². The molecule has 0 aliphatic rings. The van der Waals surface area contributed by atoms with E-state index in [0.717, 1.165) is 5.92 Å². The van der Waals surface area contributed by atoms with Crippen molar-refractivity contribution in [2.75, 3.05) is 0 Å². The fourth-order valence-electron chi connectivity index (χ4n) is 2.00. The zero-order valence-electron chi connectivity index (χ0n) is 8.99. The normalized spacial score (nSPS) is 14.8. The average Bonchev–Trinajstić information content (AvgIpc) is 2.13. The standard InChI is InChI=1S/C11H23Br/c1-5-9-10(6-2)11(12,7-3)8-4/h10H,5-9H2,1-4H3. The van der Waals surface area contributed by atoms with Crippen molar-refractivity contribution >= 4 is 15.9 Å². The summed E-state index contributed by atoms with van der Waals surface area (Å²) in [7, 11) is 0. The van der Waals surface area contributed by atoms with Gasteiger partial charge < -0.3 is 0 Å². The van der Waals surface area contributed by atoms with E-state index in [4.69, 9.17) is 0 Å². The molecule has 0 saturated carbocycles. The summed E-state index contributed by atoms with van der Waals surface area (Å²) in [4.78, 5) is 0. The van der Waals surface area contributed by atoms with E-state index in [-0.39, 0.29) is 0 Å². The molecule has 0 aliphatic heterocycles. The van der Waals surface area contributed by atoms with Crippen LogP contribution in [0, 0.1) is 5.92 Å². The van der Waals surface area contributed by atoms with E-state index in [1.807, 2.05) is 0 Å². The van der Waals surface area contributed by atoms with Crippen molar-refractivity contribution in [2.45, 2.75) is 64.1 Å². The van der Waals surface area contributed by atoms with Gasteiger partial charge in [0, 0.05) is 4.32 Å². The molecule has 0 spiro atoms. The SMILES string of the molecule is CCCC(CC)C(Br)(CC)CC. The van der Waals surface area contributed by atoms with Crippen LogP contribution in [0.15, 0.2) is 0 Å². The van der Waals surface area contributed by atoms with Crippen molar-refractivity contribution in [2.24, 2.45) is 5.92 Å². The Kier molecular flexibility index (Phi) is 6.25. The number of alkyl halides is 1. The van der Waals surface area contributed by atoms with Crippen molar-refractivity contribution in [1.82, 2.24) is 0 Å². The Morgan fingerprint density at radius 3 is 1.83 bits per heavy atom. The van der Waals surface area contributed by atoms with E-state index >= 15 is 0 Å². The summed E-state index contributed by atoms with van der Waals surface area (Å²) in [5.41, 5.74) is 0. The lowest BCUT2D eigenvalue weighted by molar-refractivity contribution is 0.330. The second-order valence-corrected chi connectivity index (χ2v) is 5.21. The van der Waals surface area contributed by atoms with Crippen molar-refractivity contribution < 1.29 is 0 Å². The fraction of sp³-hybridized carbons (Fsp3) is 1.00. The summed E-state index contributed by atoms with van der Waals surface area (Å²) < 4.78 is 0.414. The Morgan fingerprint density at radius 1 is 1.08 bits per heavy atom. The van der Waals surface area contributed by atoms with Gasteiger partial charge in [0.1, 0.15) is 0 Å². The van der Waals surface area contributed by atoms with Crippen LogP contribution < -0.4 is 0 Å². The Balaban J connectivity index is 4.21. The lowest BCUT2D eigenvalue weighted by atomic mass is 9.83. The molecule has 0 heterocycles. The first-order chi connectivity index (χ1) is 5.64. The predicted molar refractivity (Wildman–Crippen MR) is 60.9 cm³/mol. The molecule has 1 heteroatoms. The first-order valence-electron chi connectivity index (χ1n) is 5.33. The third kappa shape index (κ3) is 3.08. The zero-order chi connectivity index (χ0) is 9.61. The minimum absolute atomic E-state index is 0.414. The molecule has 74 valence electrons. The van der Waals surface area contributed by atoms with Gasteiger partial charge in [-0.2, -0.15) is 0 Å². The van der Waals surface area contributed by atoms with Gasteiger partial charge in [-0.3, -0.25) is 0 Å². The van der Waals surface area contributed by atoms with Gasteiger partial charge in [0.05, 0.1) is 0 Å². The lowest BCUT2D eigenvalue weighted by Gasteiger charge is -2.33. The van der Waals surface area contributed by atoms with Crippen LogP contribution in [0.4, 0.5) is 0 Å². The highest BCUT2D eigenvalue weighted by atomic mass is 79.9. The minimum Gasteiger partial charge on any atom is -0.0851 e. The maximum Gasteiger partial charge on any atom is 0.0280 e. The molecule has 0 nitrogen and oxygen atoms in total. The molecule has 0 amide bonds. The van der Waals surface area contributed by atoms with Gasteiger partial charge in [-0.15, -0.1) is 0 Å². The van der Waals surface area contributed by atoms with Crippen LogP contribution in [-0.2, 0) is 0 Å². The Labute approximate surface area is 86.3 Å². The Hall–Kier alpha value is 0.480. The molecule has 0 aliphatic carbocycles. The van der Waals surface area contributed by atoms with E-state index in [2.05, 4.69) is 43.6 Å². The monoisotopic (exact) mass is 234 g/mol. The largest absolute Gasteiger partial charge is 0.0851 e. The van der Waals surface area contributed by atoms with Crippen molar-refractivity contribution in [3.63, 3.8) is 0 Å². The van der Waals surface area contributed by atoms with Crippen LogP contribution in [0.25, 0.3) is 0 Å². The molecule has 1 atom stereocenters. The Morgan fingerprint density at radius 2 is 1.58 bits per heavy atom. The molecular formula is C11H23Br. The molecule has 0 saturated heterocycles. The molecule has 0 rings (SSSR count). The van der Waals surface area contributed by atoms with Gasteiger partial charge in [0.2, 0.25) is 0 Å². The highest BCUT2D eigenvalue weighted by Crippen LogP contribution is 2.39. The van der Waals surface area contributed by atoms with Crippen LogP contribution in [0.1, 0.15) is 59.8 Å². The molecule has 0 aromatic heterocycles. The number of hydrogen-bond acceptors (Lipinski definition) is 0. The van der Waals surface area contributed by atoms with E-state index in [1.165, 1.54) is 32.1 Å². The van der Waals surface area contributed by atoms with E-state index in [9.17, 15) is 0 Å². The Bertz CT molecular complexity index is 106. The number of rotatable bonds is 6. The molecule has 0 fully saturated rings. The average molecular weight is 235 g/mol. The summed E-state index contributed by atoms with van der Waals surface area (Å²) in [6.07, 6.45) is 6.49. The van der Waals surface area contributed by atoms with Crippen molar-refractivity contribution in [3.05, 3.63) is 0 Å². The quantitative estimate of drug-likeness (QED) is 0.582. The first kappa shape index (κ1) is 12.5. The molecule has 0 N–H and O–H groups in total. The molecule has 1 unspecified atom stereocenters. The maximum absolute atomic E-state index is 3.91. The third-order valence-electron chi connectivity index (χ3n) is 3.04. The molecule has 0 aromatic rings. The van der Waals surface area contributed by atoms with E-state index < -0.39 is 0 Å². The minimum atomic E-state index is 0.414. The summed E-state index contributed by atoms with van der Waals surface area (Å²) in [5.74, 6) is 0.859. The lowest BCUT2D eigenvalue weighted by Crippen LogP contribution is -2.29. The third-order valence-corrected chi connectivity index (χ3v) is 4.81. The van der Waals surface area contributed by atoms with Crippen molar-refractivity contribution in [1.29, 1.82) is 0 Å². The summed E-state index contributed by atoms with van der Waals surface area (Å²) in [5, 5.41) is 0. The number of halogens is 1. The summed E-state index contributed by atoms with van der Waals surface area (Å²) in [6.45, 7) is 9.16. The zero-order valence-corrected chi connectivity index (χ0v) is 10.6.